The lowest BCUT2D eigenvalue weighted by Crippen LogP contribution is -2.28. The van der Waals surface area contributed by atoms with Crippen molar-refractivity contribution >= 4 is 39.3 Å². The molecule has 1 aromatic carbocycles. The van der Waals surface area contributed by atoms with Crippen molar-refractivity contribution in [3.8, 4) is 0 Å². The molecule has 138 valence electrons. The number of sulfonamides is 1. The van der Waals surface area contributed by atoms with Gasteiger partial charge in [0.2, 0.25) is 10.0 Å². The monoisotopic (exact) mass is 398 g/mol. The van der Waals surface area contributed by atoms with Gasteiger partial charge in [0.15, 0.2) is 0 Å². The molecule has 0 amide bonds. The standard InChI is InChI=1S/C16H15ClN2O6S/c1-24-15(20)11-5-3-4-8-19(14(11)16(21)25-2)12-7-6-10(17)9-13(12)26(18,22)23/h3-9H,1-2H3,(H2,18,22,23). The van der Waals surface area contributed by atoms with Crippen LogP contribution < -0.4 is 10.0 Å². The van der Waals surface area contributed by atoms with Crippen LogP contribution >= 0.6 is 11.6 Å². The first-order valence-corrected chi connectivity index (χ1v) is 9.00. The van der Waals surface area contributed by atoms with E-state index in [0.29, 0.717) is 0 Å². The fourth-order valence-corrected chi connectivity index (χ4v) is 3.25. The Labute approximate surface area is 155 Å². The van der Waals surface area contributed by atoms with Crippen molar-refractivity contribution in [1.82, 2.24) is 0 Å². The van der Waals surface area contributed by atoms with Crippen LogP contribution in [0.1, 0.15) is 0 Å². The van der Waals surface area contributed by atoms with Crippen molar-refractivity contribution in [2.45, 2.75) is 4.90 Å². The van der Waals surface area contributed by atoms with Crippen LogP contribution in [-0.4, -0.2) is 34.6 Å². The van der Waals surface area contributed by atoms with E-state index in [-0.39, 0.29) is 26.9 Å². The van der Waals surface area contributed by atoms with Crippen molar-refractivity contribution in [3.05, 3.63) is 58.9 Å². The fraction of sp³-hybridized carbons (Fsp3) is 0.125. The highest BCUT2D eigenvalue weighted by Gasteiger charge is 2.30. The Kier molecular flexibility index (Phi) is 5.86. The summed E-state index contributed by atoms with van der Waals surface area (Å²) in [5.74, 6) is -1.68. The molecule has 0 unspecified atom stereocenters. The van der Waals surface area contributed by atoms with Crippen LogP contribution in [0.5, 0.6) is 0 Å². The Morgan fingerprint density at radius 3 is 2.35 bits per heavy atom. The van der Waals surface area contributed by atoms with Crippen molar-refractivity contribution in [3.63, 3.8) is 0 Å². The molecule has 0 saturated carbocycles. The van der Waals surface area contributed by atoms with Crippen molar-refractivity contribution in [2.24, 2.45) is 5.14 Å². The molecular formula is C16H15ClN2O6S. The average Bonchev–Trinajstić information content (AvgIpc) is 2.82. The topological polar surface area (TPSA) is 116 Å². The molecule has 1 aliphatic rings. The number of allylic oxidation sites excluding steroid dienone is 2. The molecule has 0 atom stereocenters. The van der Waals surface area contributed by atoms with Gasteiger partial charge in [0, 0.05) is 11.2 Å². The maximum Gasteiger partial charge on any atom is 0.355 e. The van der Waals surface area contributed by atoms with Gasteiger partial charge in [-0.25, -0.2) is 23.1 Å². The summed E-state index contributed by atoms with van der Waals surface area (Å²) in [7, 11) is -1.91. The molecule has 0 radical (unpaired) electrons. The first-order chi connectivity index (χ1) is 12.2. The van der Waals surface area contributed by atoms with Gasteiger partial charge in [0.25, 0.3) is 0 Å². The zero-order chi connectivity index (χ0) is 19.5. The smallest absolute Gasteiger partial charge is 0.355 e. The second kappa shape index (κ2) is 7.73. The average molecular weight is 399 g/mol. The van der Waals surface area contributed by atoms with Crippen molar-refractivity contribution in [1.29, 1.82) is 0 Å². The summed E-state index contributed by atoms with van der Waals surface area (Å²) in [5, 5.41) is 5.40. The summed E-state index contributed by atoms with van der Waals surface area (Å²) in [6.45, 7) is 0. The third-order valence-corrected chi connectivity index (χ3v) is 4.55. The number of nitrogens with zero attached hydrogens (tertiary/aromatic N) is 1. The summed E-state index contributed by atoms with van der Waals surface area (Å²) in [6.07, 6.45) is 5.72. The summed E-state index contributed by atoms with van der Waals surface area (Å²) >= 11 is 5.88. The van der Waals surface area contributed by atoms with Gasteiger partial charge in [-0.2, -0.15) is 0 Å². The SMILES string of the molecule is COC(=O)C1=C(C(=O)OC)N(c2ccc(Cl)cc2S(N)(=O)=O)C=CC=C1. The zero-order valence-electron chi connectivity index (χ0n) is 13.8. The van der Waals surface area contributed by atoms with E-state index in [1.807, 2.05) is 0 Å². The third-order valence-electron chi connectivity index (χ3n) is 3.38. The molecule has 0 aromatic heterocycles. The highest BCUT2D eigenvalue weighted by atomic mass is 35.5. The van der Waals surface area contributed by atoms with Crippen LogP contribution in [0.2, 0.25) is 5.02 Å². The molecule has 26 heavy (non-hydrogen) atoms. The van der Waals surface area contributed by atoms with E-state index in [2.05, 4.69) is 0 Å². The van der Waals surface area contributed by atoms with Crippen LogP contribution in [0.3, 0.4) is 0 Å². The normalized spacial score (nSPS) is 14.2. The minimum Gasteiger partial charge on any atom is -0.465 e. The number of benzene rings is 1. The number of esters is 2. The van der Waals surface area contributed by atoms with Gasteiger partial charge in [-0.3, -0.25) is 0 Å². The number of anilines is 1. The third kappa shape index (κ3) is 3.96. The number of rotatable bonds is 4. The predicted octanol–water partition coefficient (Wildman–Crippen LogP) is 1.48. The maximum absolute atomic E-state index is 12.4. The second-order valence-electron chi connectivity index (χ2n) is 4.97. The molecule has 1 heterocycles. The summed E-state index contributed by atoms with van der Waals surface area (Å²) in [4.78, 5) is 25.3. The van der Waals surface area contributed by atoms with Crippen molar-refractivity contribution < 1.29 is 27.5 Å². The number of primary sulfonamides is 1. The summed E-state index contributed by atoms with van der Waals surface area (Å²) in [5.41, 5.74) is -0.352. The molecule has 1 aliphatic heterocycles. The fourth-order valence-electron chi connectivity index (χ4n) is 2.27. The van der Waals surface area contributed by atoms with E-state index in [1.54, 1.807) is 0 Å². The van der Waals surface area contributed by atoms with Crippen LogP contribution in [0.15, 0.2) is 58.8 Å². The second-order valence-corrected chi connectivity index (χ2v) is 6.94. The number of nitrogens with two attached hydrogens (primary N) is 1. The van der Waals surface area contributed by atoms with E-state index in [4.69, 9.17) is 26.2 Å². The number of hydrogen-bond donors (Lipinski definition) is 1. The first-order valence-electron chi connectivity index (χ1n) is 7.08. The molecule has 10 heteroatoms. The highest BCUT2D eigenvalue weighted by molar-refractivity contribution is 7.89. The molecule has 2 N–H and O–H groups in total. The molecule has 0 fully saturated rings. The van der Waals surface area contributed by atoms with Gasteiger partial charge in [-0.1, -0.05) is 17.7 Å². The number of halogens is 1. The van der Waals surface area contributed by atoms with Gasteiger partial charge in [0.05, 0.1) is 25.5 Å². The largest absolute Gasteiger partial charge is 0.465 e. The van der Waals surface area contributed by atoms with Crippen LogP contribution in [0.4, 0.5) is 5.69 Å². The van der Waals surface area contributed by atoms with Crippen LogP contribution in [0.25, 0.3) is 0 Å². The predicted molar refractivity (Wildman–Crippen MR) is 94.6 cm³/mol. The van der Waals surface area contributed by atoms with Gasteiger partial charge < -0.3 is 14.4 Å². The zero-order valence-corrected chi connectivity index (χ0v) is 15.4. The lowest BCUT2D eigenvalue weighted by Gasteiger charge is -2.24. The molecule has 0 saturated heterocycles. The van der Waals surface area contributed by atoms with Gasteiger partial charge in [-0.15, -0.1) is 0 Å². The first kappa shape index (κ1) is 19.7. The molecule has 0 spiro atoms. The number of carbonyl (C=O) groups is 2. The lowest BCUT2D eigenvalue weighted by atomic mass is 10.1. The van der Waals surface area contributed by atoms with Crippen molar-refractivity contribution in [2.75, 3.05) is 19.1 Å². The number of hydrogen-bond acceptors (Lipinski definition) is 7. The van der Waals surface area contributed by atoms with E-state index in [1.165, 1.54) is 41.5 Å². The number of methoxy groups -OCH3 is 2. The van der Waals surface area contributed by atoms with E-state index < -0.39 is 22.0 Å². The minimum atomic E-state index is -4.19. The molecule has 2 rings (SSSR count). The van der Waals surface area contributed by atoms with E-state index in [0.717, 1.165) is 20.3 Å². The Morgan fingerprint density at radius 1 is 1.12 bits per heavy atom. The van der Waals surface area contributed by atoms with E-state index >= 15 is 0 Å². The van der Waals surface area contributed by atoms with Crippen LogP contribution in [0, 0.1) is 0 Å². The minimum absolute atomic E-state index is 0.0126. The number of carbonyl (C=O) groups excluding carboxylic acids is 2. The van der Waals surface area contributed by atoms with Gasteiger partial charge in [0.1, 0.15) is 10.6 Å². The Morgan fingerprint density at radius 2 is 1.77 bits per heavy atom. The summed E-state index contributed by atoms with van der Waals surface area (Å²) in [6, 6.07) is 3.92. The molecular weight excluding hydrogens is 384 g/mol. The Bertz CT molecular complexity index is 949. The molecule has 0 aliphatic carbocycles. The Hall–Kier alpha value is -2.62. The van der Waals surface area contributed by atoms with Gasteiger partial charge >= 0.3 is 11.9 Å². The van der Waals surface area contributed by atoms with E-state index in [9.17, 15) is 18.0 Å². The highest BCUT2D eigenvalue weighted by Crippen LogP contribution is 2.33. The number of ether oxygens (including phenoxy) is 2. The quantitative estimate of drug-likeness (QED) is 0.763. The van der Waals surface area contributed by atoms with Crippen LogP contribution in [-0.2, 0) is 29.1 Å². The molecule has 8 nitrogen and oxygen atoms in total. The molecule has 0 bridgehead atoms. The summed E-state index contributed by atoms with van der Waals surface area (Å²) < 4.78 is 33.4. The maximum atomic E-state index is 12.4. The Balaban J connectivity index is 2.83. The molecule has 1 aromatic rings. The van der Waals surface area contributed by atoms with Gasteiger partial charge in [-0.05, 0) is 30.4 Å². The lowest BCUT2D eigenvalue weighted by molar-refractivity contribution is -0.139.